The van der Waals surface area contributed by atoms with Crippen LogP contribution < -0.4 is 5.32 Å². The molecule has 2 atom stereocenters. The maximum Gasteiger partial charge on any atom is 0.225 e. The molecule has 0 aromatic rings. The van der Waals surface area contributed by atoms with Crippen molar-refractivity contribution in [3.63, 3.8) is 0 Å². The summed E-state index contributed by atoms with van der Waals surface area (Å²) in [5.41, 5.74) is 0. The number of likely N-dealkylation sites (tertiary alicyclic amines) is 1. The Hall–Kier alpha value is -0.570. The molecule has 0 radical (unpaired) electrons. The summed E-state index contributed by atoms with van der Waals surface area (Å²) in [7, 11) is 0. The minimum Gasteiger partial charge on any atom is -0.342 e. The lowest BCUT2D eigenvalue weighted by Gasteiger charge is -2.27. The fourth-order valence-corrected chi connectivity index (χ4v) is 4.40. The van der Waals surface area contributed by atoms with Gasteiger partial charge in [-0.3, -0.25) is 4.79 Å². The van der Waals surface area contributed by atoms with Gasteiger partial charge in [0.05, 0.1) is 0 Å². The Morgan fingerprint density at radius 1 is 0.800 bits per heavy atom. The summed E-state index contributed by atoms with van der Waals surface area (Å²) in [6.45, 7) is 4.38. The number of nitrogens with one attached hydrogen (secondary N) is 1. The summed E-state index contributed by atoms with van der Waals surface area (Å²) in [4.78, 5) is 15.0. The van der Waals surface area contributed by atoms with Crippen LogP contribution in [0.2, 0.25) is 0 Å². The van der Waals surface area contributed by atoms with E-state index in [1.807, 2.05) is 0 Å². The Kier molecular flexibility index (Phi) is 4.98. The normalized spacial score (nSPS) is 33.1. The number of carbonyl (C=O) groups excluding carboxylic acids is 1. The smallest absolute Gasteiger partial charge is 0.225 e. The molecule has 3 fully saturated rings. The number of rotatable bonds is 1. The third-order valence-corrected chi connectivity index (χ3v) is 5.79. The van der Waals surface area contributed by atoms with E-state index in [1.54, 1.807) is 0 Å². The van der Waals surface area contributed by atoms with Gasteiger partial charge in [0.1, 0.15) is 0 Å². The molecule has 2 heterocycles. The van der Waals surface area contributed by atoms with Crippen molar-refractivity contribution >= 4 is 5.91 Å². The first kappa shape index (κ1) is 14.4. The zero-order valence-corrected chi connectivity index (χ0v) is 12.8. The molecular formula is C17H30N2O. The van der Waals surface area contributed by atoms with Crippen LogP contribution in [0.4, 0.5) is 0 Å². The van der Waals surface area contributed by atoms with E-state index < -0.39 is 0 Å². The highest BCUT2D eigenvalue weighted by Gasteiger charge is 2.33. The zero-order chi connectivity index (χ0) is 13.8. The Labute approximate surface area is 123 Å². The first-order valence-corrected chi connectivity index (χ1v) is 8.84. The molecule has 20 heavy (non-hydrogen) atoms. The lowest BCUT2D eigenvalue weighted by atomic mass is 9.90. The van der Waals surface area contributed by atoms with Gasteiger partial charge in [0.15, 0.2) is 0 Å². The highest BCUT2D eigenvalue weighted by atomic mass is 16.2. The molecule has 2 aliphatic heterocycles. The fourth-order valence-electron chi connectivity index (χ4n) is 4.40. The van der Waals surface area contributed by atoms with Crippen molar-refractivity contribution in [2.75, 3.05) is 26.2 Å². The Bertz CT molecular complexity index is 309. The van der Waals surface area contributed by atoms with Gasteiger partial charge < -0.3 is 10.2 Å². The topological polar surface area (TPSA) is 32.3 Å². The molecule has 0 unspecified atom stereocenters. The van der Waals surface area contributed by atoms with Gasteiger partial charge in [0.25, 0.3) is 0 Å². The largest absolute Gasteiger partial charge is 0.342 e. The molecule has 3 aliphatic rings. The van der Waals surface area contributed by atoms with Crippen LogP contribution in [0.3, 0.4) is 0 Å². The summed E-state index contributed by atoms with van der Waals surface area (Å²) < 4.78 is 0. The molecule has 114 valence electrons. The summed E-state index contributed by atoms with van der Waals surface area (Å²) in [5.74, 6) is 2.47. The van der Waals surface area contributed by atoms with Crippen molar-refractivity contribution in [2.24, 2.45) is 17.8 Å². The monoisotopic (exact) mass is 278 g/mol. The third-order valence-electron chi connectivity index (χ3n) is 5.79. The maximum atomic E-state index is 12.8. The van der Waals surface area contributed by atoms with E-state index in [-0.39, 0.29) is 0 Å². The van der Waals surface area contributed by atoms with E-state index in [0.717, 1.165) is 37.8 Å². The van der Waals surface area contributed by atoms with Gasteiger partial charge in [-0.15, -0.1) is 0 Å². The number of nitrogens with zero attached hydrogens (tertiary/aromatic N) is 1. The summed E-state index contributed by atoms with van der Waals surface area (Å²) in [6.07, 6.45) is 11.3. The lowest BCUT2D eigenvalue weighted by Crippen LogP contribution is -2.37. The Morgan fingerprint density at radius 2 is 1.35 bits per heavy atom. The van der Waals surface area contributed by atoms with Crippen LogP contribution in [0.5, 0.6) is 0 Å². The molecule has 0 bridgehead atoms. The second kappa shape index (κ2) is 6.93. The molecule has 1 saturated carbocycles. The maximum absolute atomic E-state index is 12.8. The van der Waals surface area contributed by atoms with Crippen LogP contribution in [0.1, 0.15) is 57.8 Å². The average Bonchev–Trinajstić information content (AvgIpc) is 2.77. The molecule has 1 N–H and O–H groups in total. The Balaban J connectivity index is 1.55. The first-order chi connectivity index (χ1) is 9.84. The van der Waals surface area contributed by atoms with E-state index in [4.69, 9.17) is 0 Å². The molecular weight excluding hydrogens is 248 g/mol. The molecule has 1 amide bonds. The number of hydrogen-bond acceptors (Lipinski definition) is 2. The van der Waals surface area contributed by atoms with Crippen molar-refractivity contribution in [1.82, 2.24) is 10.2 Å². The molecule has 0 aromatic carbocycles. The van der Waals surface area contributed by atoms with Crippen LogP contribution in [-0.4, -0.2) is 37.0 Å². The summed E-state index contributed by atoms with van der Waals surface area (Å²) in [5, 5.41) is 3.51. The summed E-state index contributed by atoms with van der Waals surface area (Å²) >= 11 is 0. The predicted octanol–water partition coefficient (Wildman–Crippen LogP) is 2.80. The highest BCUT2D eigenvalue weighted by Crippen LogP contribution is 2.29. The van der Waals surface area contributed by atoms with Crippen molar-refractivity contribution < 1.29 is 4.79 Å². The minimum absolute atomic E-state index is 0.339. The standard InChI is InChI=1S/C17H30N2O/c20-17(14-6-4-2-1-3-5-7-14)19-10-8-15-12-18-13-16(15)9-11-19/h14-16,18H,1-13H2/t15-,16+. The van der Waals surface area contributed by atoms with Gasteiger partial charge in [0.2, 0.25) is 5.91 Å². The van der Waals surface area contributed by atoms with Gasteiger partial charge in [-0.25, -0.2) is 0 Å². The zero-order valence-electron chi connectivity index (χ0n) is 12.8. The van der Waals surface area contributed by atoms with Gasteiger partial charge in [0, 0.05) is 19.0 Å². The first-order valence-electron chi connectivity index (χ1n) is 8.84. The highest BCUT2D eigenvalue weighted by molar-refractivity contribution is 5.78. The number of hydrogen-bond donors (Lipinski definition) is 1. The van der Waals surface area contributed by atoms with E-state index in [2.05, 4.69) is 10.2 Å². The average molecular weight is 278 g/mol. The van der Waals surface area contributed by atoms with Crippen LogP contribution in [-0.2, 0) is 4.79 Å². The predicted molar refractivity (Wildman–Crippen MR) is 81.5 cm³/mol. The van der Waals surface area contributed by atoms with E-state index in [0.29, 0.717) is 11.8 Å². The van der Waals surface area contributed by atoms with Crippen molar-refractivity contribution in [3.8, 4) is 0 Å². The summed E-state index contributed by atoms with van der Waals surface area (Å²) in [6, 6.07) is 0. The van der Waals surface area contributed by atoms with Crippen LogP contribution in [0.25, 0.3) is 0 Å². The molecule has 2 saturated heterocycles. The SMILES string of the molecule is O=C(C1CCCCCCC1)N1CC[C@@H]2CNC[C@@H]2CC1. The molecule has 0 spiro atoms. The van der Waals surface area contributed by atoms with Gasteiger partial charge >= 0.3 is 0 Å². The fraction of sp³-hybridized carbons (Fsp3) is 0.941. The second-order valence-corrected chi connectivity index (χ2v) is 7.12. The van der Waals surface area contributed by atoms with Crippen molar-refractivity contribution in [1.29, 1.82) is 0 Å². The number of amides is 1. The van der Waals surface area contributed by atoms with Gasteiger partial charge in [-0.1, -0.05) is 32.1 Å². The van der Waals surface area contributed by atoms with E-state index in [1.165, 1.54) is 58.0 Å². The number of carbonyl (C=O) groups is 1. The number of fused-ring (bicyclic) bond motifs is 1. The van der Waals surface area contributed by atoms with Crippen molar-refractivity contribution in [3.05, 3.63) is 0 Å². The molecule has 3 nitrogen and oxygen atoms in total. The van der Waals surface area contributed by atoms with Gasteiger partial charge in [-0.2, -0.15) is 0 Å². The molecule has 3 heteroatoms. The quantitative estimate of drug-likeness (QED) is 0.800. The Morgan fingerprint density at radius 3 is 1.95 bits per heavy atom. The van der Waals surface area contributed by atoms with Gasteiger partial charge in [-0.05, 0) is 50.6 Å². The molecule has 1 aliphatic carbocycles. The van der Waals surface area contributed by atoms with Crippen LogP contribution >= 0.6 is 0 Å². The van der Waals surface area contributed by atoms with E-state index >= 15 is 0 Å². The van der Waals surface area contributed by atoms with E-state index in [9.17, 15) is 4.79 Å². The molecule has 3 rings (SSSR count). The van der Waals surface area contributed by atoms with Crippen LogP contribution in [0, 0.1) is 17.8 Å². The van der Waals surface area contributed by atoms with Crippen molar-refractivity contribution in [2.45, 2.75) is 57.8 Å². The lowest BCUT2D eigenvalue weighted by molar-refractivity contribution is -0.136. The molecule has 0 aromatic heterocycles. The minimum atomic E-state index is 0.339. The second-order valence-electron chi connectivity index (χ2n) is 7.12. The van der Waals surface area contributed by atoms with Crippen LogP contribution in [0.15, 0.2) is 0 Å². The third kappa shape index (κ3) is 3.36.